The summed E-state index contributed by atoms with van der Waals surface area (Å²) in [5.41, 5.74) is 1.12. The van der Waals surface area contributed by atoms with Crippen molar-refractivity contribution in [2.75, 3.05) is 26.3 Å². The molecule has 0 atom stereocenters. The van der Waals surface area contributed by atoms with Gasteiger partial charge in [0.25, 0.3) is 5.91 Å². The number of rotatable bonds is 4. The first-order chi connectivity index (χ1) is 15.7. The van der Waals surface area contributed by atoms with Crippen LogP contribution in [0, 0.1) is 0 Å². The molecule has 2 amide bonds. The molecule has 3 heterocycles. The fourth-order valence-corrected chi connectivity index (χ4v) is 5.24. The van der Waals surface area contributed by atoms with Gasteiger partial charge in [-0.25, -0.2) is 0 Å². The largest absolute Gasteiger partial charge is 0.486 e. The van der Waals surface area contributed by atoms with Gasteiger partial charge in [-0.3, -0.25) is 14.6 Å². The lowest BCUT2D eigenvalue weighted by Gasteiger charge is -2.39. The fraction of sp³-hybridized carbons (Fsp3) is 0.480. The Morgan fingerprint density at radius 3 is 2.50 bits per heavy atom. The summed E-state index contributed by atoms with van der Waals surface area (Å²) in [5, 5.41) is 3.09. The summed E-state index contributed by atoms with van der Waals surface area (Å²) in [4.78, 5) is 32.2. The lowest BCUT2D eigenvalue weighted by molar-refractivity contribution is -0.138. The number of nitrogens with zero attached hydrogens (tertiary/aromatic N) is 2. The summed E-state index contributed by atoms with van der Waals surface area (Å²) < 4.78 is 11.5. The number of fused-ring (bicyclic) bond motifs is 1. The first kappa shape index (κ1) is 20.8. The minimum atomic E-state index is -0.484. The Hall–Kier alpha value is -3.09. The Bertz CT molecular complexity index is 980. The van der Waals surface area contributed by atoms with E-state index in [4.69, 9.17) is 9.47 Å². The number of likely N-dealkylation sites (tertiary alicyclic amines) is 1. The van der Waals surface area contributed by atoms with Gasteiger partial charge < -0.3 is 19.7 Å². The summed E-state index contributed by atoms with van der Waals surface area (Å²) in [7, 11) is 0. The van der Waals surface area contributed by atoms with E-state index in [0.717, 1.165) is 55.6 Å². The van der Waals surface area contributed by atoms with Gasteiger partial charge in [0.15, 0.2) is 11.5 Å². The van der Waals surface area contributed by atoms with Gasteiger partial charge in [-0.2, -0.15) is 0 Å². The van der Waals surface area contributed by atoms with Crippen LogP contribution in [0.2, 0.25) is 0 Å². The molecule has 168 valence electrons. The molecule has 0 spiro atoms. The molecular weight excluding hydrogens is 406 g/mol. The Labute approximate surface area is 188 Å². The van der Waals surface area contributed by atoms with Crippen LogP contribution in [0.5, 0.6) is 11.5 Å². The van der Waals surface area contributed by atoms with Crippen molar-refractivity contribution in [3.05, 3.63) is 53.9 Å². The maximum absolute atomic E-state index is 13.8. The highest BCUT2D eigenvalue weighted by Gasteiger charge is 2.46. The number of hydrogen-bond donors (Lipinski definition) is 1. The molecule has 3 aliphatic rings. The summed E-state index contributed by atoms with van der Waals surface area (Å²) >= 11 is 0. The van der Waals surface area contributed by atoms with Crippen molar-refractivity contribution in [1.82, 2.24) is 15.2 Å². The number of ether oxygens (including phenoxy) is 2. The van der Waals surface area contributed by atoms with E-state index >= 15 is 0 Å². The molecule has 0 bridgehead atoms. The maximum Gasteiger partial charge on any atom is 0.253 e. The minimum absolute atomic E-state index is 0.0700. The Morgan fingerprint density at radius 2 is 1.78 bits per heavy atom. The lowest BCUT2D eigenvalue weighted by Crippen LogP contribution is -2.51. The van der Waals surface area contributed by atoms with E-state index in [1.165, 1.54) is 0 Å². The van der Waals surface area contributed by atoms with Crippen molar-refractivity contribution in [2.24, 2.45) is 0 Å². The Kier molecular flexibility index (Phi) is 5.72. The Balaban J connectivity index is 1.27. The van der Waals surface area contributed by atoms with Crippen LogP contribution in [0.25, 0.3) is 0 Å². The first-order valence-electron chi connectivity index (χ1n) is 11.6. The van der Waals surface area contributed by atoms with Crippen LogP contribution in [0.1, 0.15) is 54.4 Å². The second-order valence-electron chi connectivity index (χ2n) is 8.93. The number of carbonyl (C=O) groups is 2. The maximum atomic E-state index is 13.8. The fourth-order valence-electron chi connectivity index (χ4n) is 5.24. The van der Waals surface area contributed by atoms with Gasteiger partial charge in [0.05, 0.1) is 11.0 Å². The van der Waals surface area contributed by atoms with Crippen LogP contribution in [0.4, 0.5) is 0 Å². The first-order valence-corrected chi connectivity index (χ1v) is 11.6. The molecule has 5 rings (SSSR count). The summed E-state index contributed by atoms with van der Waals surface area (Å²) in [5.74, 6) is 1.60. The zero-order chi connectivity index (χ0) is 22.0. The number of benzene rings is 1. The average Bonchev–Trinajstić information content (AvgIpc) is 3.35. The molecule has 2 fully saturated rings. The number of aromatic nitrogens is 1. The number of amides is 2. The summed E-state index contributed by atoms with van der Waals surface area (Å²) in [6.45, 7) is 2.41. The van der Waals surface area contributed by atoms with Crippen molar-refractivity contribution in [3.63, 3.8) is 0 Å². The number of carbonyl (C=O) groups excluding carboxylic acids is 2. The molecule has 1 N–H and O–H groups in total. The number of nitrogens with one attached hydrogen (secondary N) is 1. The molecule has 32 heavy (non-hydrogen) atoms. The standard InChI is InChI=1S/C25H29N3O4/c29-23(18-4-3-11-26-17-18)27-20-7-12-28(13-8-20)24(30)25(9-1-2-10-25)19-5-6-21-22(16-19)32-15-14-31-21/h3-6,11,16-17,20H,1-2,7-10,12-15H2,(H,27,29). The van der Waals surface area contributed by atoms with Crippen molar-refractivity contribution in [3.8, 4) is 11.5 Å². The van der Waals surface area contributed by atoms with Crippen molar-refractivity contribution < 1.29 is 19.1 Å². The highest BCUT2D eigenvalue weighted by atomic mass is 16.6. The van der Waals surface area contributed by atoms with Crippen LogP contribution in [-0.4, -0.2) is 54.0 Å². The molecular formula is C25H29N3O4. The SMILES string of the molecule is O=C(NC1CCN(C(=O)C2(c3ccc4c(c3)OCCO4)CCCC2)CC1)c1cccnc1. The van der Waals surface area contributed by atoms with Gasteiger partial charge in [-0.15, -0.1) is 0 Å². The smallest absolute Gasteiger partial charge is 0.253 e. The molecule has 1 saturated heterocycles. The van der Waals surface area contributed by atoms with E-state index in [-0.39, 0.29) is 17.9 Å². The van der Waals surface area contributed by atoms with E-state index in [2.05, 4.69) is 10.3 Å². The van der Waals surface area contributed by atoms with E-state index in [1.54, 1.807) is 24.5 Å². The minimum Gasteiger partial charge on any atom is -0.486 e. The Morgan fingerprint density at radius 1 is 1.03 bits per heavy atom. The summed E-state index contributed by atoms with van der Waals surface area (Å²) in [6, 6.07) is 9.58. The second-order valence-corrected chi connectivity index (χ2v) is 8.93. The predicted molar refractivity (Wildman–Crippen MR) is 119 cm³/mol. The molecule has 0 radical (unpaired) electrons. The zero-order valence-electron chi connectivity index (χ0n) is 18.2. The average molecular weight is 436 g/mol. The quantitative estimate of drug-likeness (QED) is 0.798. The third-order valence-corrected chi connectivity index (χ3v) is 7.00. The lowest BCUT2D eigenvalue weighted by atomic mass is 9.77. The highest BCUT2D eigenvalue weighted by Crippen LogP contribution is 2.45. The van der Waals surface area contributed by atoms with Crippen LogP contribution in [0.15, 0.2) is 42.7 Å². The third kappa shape index (κ3) is 3.92. The molecule has 1 saturated carbocycles. The van der Waals surface area contributed by atoms with Gasteiger partial charge >= 0.3 is 0 Å². The molecule has 2 aromatic rings. The summed E-state index contributed by atoms with van der Waals surface area (Å²) in [6.07, 6.45) is 8.58. The number of piperidine rings is 1. The van der Waals surface area contributed by atoms with E-state index in [9.17, 15) is 9.59 Å². The molecule has 7 nitrogen and oxygen atoms in total. The number of hydrogen-bond acceptors (Lipinski definition) is 5. The van der Waals surface area contributed by atoms with Crippen LogP contribution in [0.3, 0.4) is 0 Å². The van der Waals surface area contributed by atoms with Crippen molar-refractivity contribution in [1.29, 1.82) is 0 Å². The van der Waals surface area contributed by atoms with Crippen LogP contribution >= 0.6 is 0 Å². The van der Waals surface area contributed by atoms with E-state index in [0.29, 0.717) is 31.9 Å². The molecule has 0 unspecified atom stereocenters. The monoisotopic (exact) mass is 435 g/mol. The van der Waals surface area contributed by atoms with Crippen molar-refractivity contribution >= 4 is 11.8 Å². The van der Waals surface area contributed by atoms with E-state index in [1.807, 2.05) is 23.1 Å². The van der Waals surface area contributed by atoms with Gasteiger partial charge in [0, 0.05) is 31.5 Å². The predicted octanol–water partition coefficient (Wildman–Crippen LogP) is 3.09. The third-order valence-electron chi connectivity index (χ3n) is 7.00. The van der Waals surface area contributed by atoms with Crippen LogP contribution < -0.4 is 14.8 Å². The van der Waals surface area contributed by atoms with Gasteiger partial charge in [-0.05, 0) is 55.5 Å². The topological polar surface area (TPSA) is 80.8 Å². The zero-order valence-corrected chi connectivity index (χ0v) is 18.2. The molecule has 1 aromatic heterocycles. The molecule has 1 aliphatic carbocycles. The van der Waals surface area contributed by atoms with Gasteiger partial charge in [-0.1, -0.05) is 18.9 Å². The number of pyridine rings is 1. The van der Waals surface area contributed by atoms with Crippen LogP contribution in [-0.2, 0) is 10.2 Å². The second kappa shape index (κ2) is 8.81. The molecule has 1 aromatic carbocycles. The molecule has 7 heteroatoms. The highest BCUT2D eigenvalue weighted by molar-refractivity contribution is 5.94. The van der Waals surface area contributed by atoms with Crippen molar-refractivity contribution in [2.45, 2.75) is 50.0 Å². The van der Waals surface area contributed by atoms with E-state index < -0.39 is 5.41 Å². The van der Waals surface area contributed by atoms with Gasteiger partial charge in [0.1, 0.15) is 13.2 Å². The molecule has 2 aliphatic heterocycles. The van der Waals surface area contributed by atoms with Gasteiger partial charge in [0.2, 0.25) is 5.91 Å². The normalized spacial score (nSPS) is 20.1.